The molecule has 40 heavy (non-hydrogen) atoms. The molecule has 2 heterocycles. The first-order chi connectivity index (χ1) is 19.0. The summed E-state index contributed by atoms with van der Waals surface area (Å²) in [6.45, 7) is 0. The van der Waals surface area contributed by atoms with Crippen molar-refractivity contribution in [2.75, 3.05) is 10.4 Å². The highest BCUT2D eigenvalue weighted by Crippen LogP contribution is 2.65. The van der Waals surface area contributed by atoms with E-state index in [1.165, 1.54) is 36.4 Å². The Morgan fingerprint density at radius 1 is 1.00 bits per heavy atom. The second kappa shape index (κ2) is 9.15. The Morgan fingerprint density at radius 3 is 2.40 bits per heavy atom. The van der Waals surface area contributed by atoms with Crippen molar-refractivity contribution in [3.8, 4) is 5.75 Å². The Labute approximate surface area is 246 Å². The van der Waals surface area contributed by atoms with E-state index in [1.54, 1.807) is 18.2 Å². The molecule has 1 saturated carbocycles. The highest BCUT2D eigenvalue weighted by molar-refractivity contribution is 9.09. The first kappa shape index (κ1) is 27.0. The Hall–Kier alpha value is -3.21. The van der Waals surface area contributed by atoms with E-state index in [0.29, 0.717) is 11.1 Å². The number of carboxylic acids is 1. The third-order valence-corrected chi connectivity index (χ3v) is 10.5. The number of carbonyl (C=O) groups is 5. The number of alkyl halides is 3. The second-order valence-corrected chi connectivity index (χ2v) is 12.2. The van der Waals surface area contributed by atoms with Gasteiger partial charge in [0, 0.05) is 5.92 Å². The largest absolute Gasteiger partial charge is 0.508 e. The van der Waals surface area contributed by atoms with Crippen LogP contribution >= 0.6 is 39.1 Å². The topological polar surface area (TPSA) is 132 Å². The maximum atomic E-state index is 14.0. The number of anilines is 1. The monoisotopic (exact) mass is 646 g/mol. The van der Waals surface area contributed by atoms with E-state index in [2.05, 4.69) is 15.9 Å². The fraction of sp³-hybridized carbons (Fsp3) is 0.321. The Kier molecular flexibility index (Phi) is 6.18. The van der Waals surface area contributed by atoms with Crippen molar-refractivity contribution in [1.29, 1.82) is 0 Å². The van der Waals surface area contributed by atoms with Crippen molar-refractivity contribution >= 4 is 74.4 Å². The number of hydrogen-bond donors (Lipinski definition) is 2. The molecule has 0 aromatic heterocycles. The van der Waals surface area contributed by atoms with Crippen molar-refractivity contribution in [2.24, 2.45) is 17.8 Å². The molecule has 6 atom stereocenters. The number of allylic oxidation sites excluding steroid dienone is 2. The van der Waals surface area contributed by atoms with Crippen LogP contribution in [0.4, 0.5) is 5.69 Å². The van der Waals surface area contributed by atoms with Crippen molar-refractivity contribution < 1.29 is 34.2 Å². The molecule has 2 N–H and O–H groups in total. The van der Waals surface area contributed by atoms with Crippen LogP contribution in [0.15, 0.2) is 60.2 Å². The van der Waals surface area contributed by atoms with Gasteiger partial charge in [0.15, 0.2) is 9.75 Å². The standard InChI is InChI=1S/C28H21BrCl2N2O7/c29-12-32-25(39)27(30)11-19-17(21(28(27,31)26(32)40)13-3-2-6-16(34)10-13)7-8-18-20(19)23(36)33(22(18)35)15-5-1-4-14(9-15)24(37)38/h1-7,9-10,18-21,34H,8,11-12H2,(H,37,38)/t18-,19+,20-,21-,27+,28-/m0/s1. The lowest BCUT2D eigenvalue weighted by Gasteiger charge is -2.50. The Bertz CT molecular complexity index is 1560. The number of aromatic hydroxyl groups is 1. The van der Waals surface area contributed by atoms with Crippen LogP contribution in [0.5, 0.6) is 5.75 Å². The molecule has 3 fully saturated rings. The van der Waals surface area contributed by atoms with Gasteiger partial charge < -0.3 is 10.2 Å². The molecule has 2 aliphatic heterocycles. The first-order valence-electron chi connectivity index (χ1n) is 12.5. The van der Waals surface area contributed by atoms with Gasteiger partial charge in [-0.1, -0.05) is 45.8 Å². The molecule has 2 aliphatic carbocycles. The van der Waals surface area contributed by atoms with Gasteiger partial charge >= 0.3 is 5.97 Å². The zero-order valence-corrected chi connectivity index (χ0v) is 23.7. The minimum absolute atomic E-state index is 0.0787. The molecule has 0 spiro atoms. The fourth-order valence-corrected chi connectivity index (χ4v) is 8.29. The van der Waals surface area contributed by atoms with Gasteiger partial charge in [-0.05, 0) is 54.7 Å². The van der Waals surface area contributed by atoms with Crippen LogP contribution in [0.3, 0.4) is 0 Å². The van der Waals surface area contributed by atoms with Crippen molar-refractivity contribution in [3.05, 3.63) is 71.3 Å². The van der Waals surface area contributed by atoms with E-state index in [9.17, 15) is 34.2 Å². The van der Waals surface area contributed by atoms with Crippen LogP contribution in [0.1, 0.15) is 34.7 Å². The SMILES string of the molecule is O=C(O)c1cccc(N2C(=O)[C@H]3[C@H](CC=C4[C@H]3C[C@@]3(Cl)C(=O)N(CBr)C(=O)[C@@]3(Cl)[C@H]4c3cccc(O)c3)C2=O)c1. The number of carbonyl (C=O) groups excluding carboxylic acids is 4. The molecule has 4 aliphatic rings. The van der Waals surface area contributed by atoms with Crippen molar-refractivity contribution in [1.82, 2.24) is 4.90 Å². The highest BCUT2D eigenvalue weighted by atomic mass is 79.9. The highest BCUT2D eigenvalue weighted by Gasteiger charge is 2.76. The second-order valence-electron chi connectivity index (χ2n) is 10.4. The molecule has 2 aromatic rings. The van der Waals surface area contributed by atoms with E-state index in [-0.39, 0.29) is 35.3 Å². The average Bonchev–Trinajstić information content (AvgIpc) is 3.26. The number of halogens is 3. The Balaban J connectivity index is 1.50. The molecule has 6 rings (SSSR count). The number of nitrogens with zero attached hydrogens (tertiary/aromatic N) is 2. The normalized spacial score (nSPS) is 33.0. The molecule has 0 bridgehead atoms. The predicted molar refractivity (Wildman–Crippen MR) is 147 cm³/mol. The van der Waals surface area contributed by atoms with Gasteiger partial charge in [0.05, 0.1) is 28.5 Å². The predicted octanol–water partition coefficient (Wildman–Crippen LogP) is 4.01. The van der Waals surface area contributed by atoms with E-state index >= 15 is 0 Å². The van der Waals surface area contributed by atoms with E-state index in [0.717, 1.165) is 9.80 Å². The zero-order valence-electron chi connectivity index (χ0n) is 20.6. The number of benzene rings is 2. The summed E-state index contributed by atoms with van der Waals surface area (Å²) in [6.07, 6.45) is 1.78. The number of likely N-dealkylation sites (tertiary alicyclic amines) is 1. The number of phenolic OH excluding ortho intramolecular Hbond substituents is 1. The average molecular weight is 648 g/mol. The van der Waals surface area contributed by atoms with Crippen molar-refractivity contribution in [3.63, 3.8) is 0 Å². The number of carboxylic acid groups (broad SMARTS) is 1. The summed E-state index contributed by atoms with van der Waals surface area (Å²) >= 11 is 17.5. The van der Waals surface area contributed by atoms with Crippen LogP contribution in [0.25, 0.3) is 0 Å². The lowest BCUT2D eigenvalue weighted by atomic mass is 9.56. The van der Waals surface area contributed by atoms with Gasteiger partial charge in [-0.2, -0.15) is 0 Å². The quantitative estimate of drug-likeness (QED) is 0.222. The summed E-state index contributed by atoms with van der Waals surface area (Å²) in [7, 11) is 0. The van der Waals surface area contributed by atoms with Crippen molar-refractivity contribution in [2.45, 2.75) is 28.5 Å². The Morgan fingerprint density at radius 2 is 1.73 bits per heavy atom. The number of imide groups is 2. The van der Waals surface area contributed by atoms with Crippen LogP contribution < -0.4 is 4.90 Å². The van der Waals surface area contributed by atoms with E-state index in [4.69, 9.17) is 23.2 Å². The molecule has 0 unspecified atom stereocenters. The summed E-state index contributed by atoms with van der Waals surface area (Å²) in [5.41, 5.74) is 0.954. The zero-order chi connectivity index (χ0) is 28.7. The smallest absolute Gasteiger partial charge is 0.335 e. The molecule has 9 nitrogen and oxygen atoms in total. The van der Waals surface area contributed by atoms with Gasteiger partial charge in [-0.15, -0.1) is 23.2 Å². The third kappa shape index (κ3) is 3.42. The number of phenols is 1. The van der Waals surface area contributed by atoms with Crippen LogP contribution in [0.2, 0.25) is 0 Å². The molecule has 206 valence electrons. The summed E-state index contributed by atoms with van der Waals surface area (Å²) in [6, 6.07) is 11.7. The van der Waals surface area contributed by atoms with Gasteiger partial charge in [0.2, 0.25) is 11.8 Å². The lowest BCUT2D eigenvalue weighted by Crippen LogP contribution is -2.60. The van der Waals surface area contributed by atoms with Gasteiger partial charge in [0.25, 0.3) is 11.8 Å². The van der Waals surface area contributed by atoms with Crippen LogP contribution in [-0.2, 0) is 19.2 Å². The number of fused-ring (bicyclic) bond motifs is 4. The van der Waals surface area contributed by atoms with E-state index in [1.807, 2.05) is 0 Å². The number of rotatable bonds is 4. The van der Waals surface area contributed by atoms with Crippen LogP contribution in [0, 0.1) is 17.8 Å². The molecule has 12 heteroatoms. The summed E-state index contributed by atoms with van der Waals surface area (Å²) < 4.78 is 0. The molecule has 4 amide bonds. The fourth-order valence-electron chi connectivity index (χ4n) is 6.86. The minimum atomic E-state index is -1.95. The molecule has 0 radical (unpaired) electrons. The number of hydrogen-bond acceptors (Lipinski definition) is 6. The summed E-state index contributed by atoms with van der Waals surface area (Å²) in [5, 5.41) is 19.7. The van der Waals surface area contributed by atoms with Gasteiger partial charge in [-0.3, -0.25) is 29.0 Å². The van der Waals surface area contributed by atoms with Gasteiger partial charge in [0.1, 0.15) is 5.75 Å². The third-order valence-electron chi connectivity index (χ3n) is 8.57. The van der Waals surface area contributed by atoms with Gasteiger partial charge in [-0.25, -0.2) is 4.79 Å². The summed E-state index contributed by atoms with van der Waals surface area (Å²) in [4.78, 5) is 64.5. The minimum Gasteiger partial charge on any atom is -0.508 e. The number of aromatic carboxylic acids is 1. The summed E-state index contributed by atoms with van der Waals surface area (Å²) in [5.74, 6) is -7.12. The number of amides is 4. The van der Waals surface area contributed by atoms with E-state index < -0.39 is 63.0 Å². The first-order valence-corrected chi connectivity index (χ1v) is 14.3. The molecule has 2 saturated heterocycles. The molecular weight excluding hydrogens is 627 g/mol. The maximum Gasteiger partial charge on any atom is 0.335 e. The molecular formula is C28H21BrCl2N2O7. The maximum absolute atomic E-state index is 14.0. The van der Waals surface area contributed by atoms with Crippen LogP contribution in [-0.4, -0.2) is 59.9 Å². The molecule has 2 aromatic carbocycles. The lowest BCUT2D eigenvalue weighted by molar-refractivity contribution is -0.138.